The highest BCUT2D eigenvalue weighted by atomic mass is 35.5. The number of nitrogens with one attached hydrogen (secondary N) is 1. The molecule has 2 amide bonds. The molecule has 142 valence electrons. The Morgan fingerprint density at radius 2 is 1.84 bits per heavy atom. The highest BCUT2D eigenvalue weighted by molar-refractivity contribution is 6.31. The molecule has 1 fully saturated rings. The molecular formula is C15H22Cl3FN4O2. The third-order valence-corrected chi connectivity index (χ3v) is 4.11. The van der Waals surface area contributed by atoms with Gasteiger partial charge in [-0.2, -0.15) is 0 Å². The molecule has 2 rings (SSSR count). The second kappa shape index (κ2) is 11.5. The van der Waals surface area contributed by atoms with E-state index < -0.39 is 0 Å². The zero-order chi connectivity index (χ0) is 16.8. The van der Waals surface area contributed by atoms with Crippen molar-refractivity contribution in [1.29, 1.82) is 0 Å². The fraction of sp³-hybridized carbons (Fsp3) is 0.467. The van der Waals surface area contributed by atoms with Crippen molar-refractivity contribution in [2.24, 2.45) is 5.73 Å². The molecule has 1 saturated heterocycles. The molecule has 0 saturated carbocycles. The molecule has 0 aliphatic carbocycles. The van der Waals surface area contributed by atoms with Crippen LogP contribution < -0.4 is 11.1 Å². The van der Waals surface area contributed by atoms with Crippen LogP contribution in [0.2, 0.25) is 5.02 Å². The molecule has 0 aromatic heterocycles. The van der Waals surface area contributed by atoms with Gasteiger partial charge in [0.2, 0.25) is 11.8 Å². The fourth-order valence-electron chi connectivity index (χ4n) is 2.40. The first-order valence-corrected chi connectivity index (χ1v) is 7.78. The summed E-state index contributed by atoms with van der Waals surface area (Å²) < 4.78 is 13.0. The van der Waals surface area contributed by atoms with E-state index in [2.05, 4.69) is 10.2 Å². The van der Waals surface area contributed by atoms with Gasteiger partial charge >= 0.3 is 0 Å². The minimum absolute atomic E-state index is 0. The Kier molecular flexibility index (Phi) is 11.0. The molecule has 10 heteroatoms. The van der Waals surface area contributed by atoms with Crippen LogP contribution in [-0.4, -0.2) is 60.9 Å². The second-order valence-electron chi connectivity index (χ2n) is 5.37. The molecule has 25 heavy (non-hydrogen) atoms. The predicted molar refractivity (Wildman–Crippen MR) is 99.8 cm³/mol. The number of nitrogens with two attached hydrogens (primary N) is 1. The van der Waals surface area contributed by atoms with Crippen molar-refractivity contribution in [2.75, 3.05) is 39.3 Å². The van der Waals surface area contributed by atoms with Crippen LogP contribution in [0.15, 0.2) is 18.2 Å². The Balaban J connectivity index is 0.00000288. The maximum absolute atomic E-state index is 13.0. The van der Waals surface area contributed by atoms with Gasteiger partial charge < -0.3 is 16.0 Å². The first-order chi connectivity index (χ1) is 11.0. The van der Waals surface area contributed by atoms with Gasteiger partial charge in [-0.05, 0) is 17.7 Å². The molecule has 6 nitrogen and oxygen atoms in total. The number of hydrogen-bond donors (Lipinski definition) is 2. The number of carbonyl (C=O) groups is 2. The van der Waals surface area contributed by atoms with Crippen LogP contribution in [0, 0.1) is 5.82 Å². The number of nitrogens with zero attached hydrogens (tertiary/aromatic N) is 2. The lowest BCUT2D eigenvalue weighted by Gasteiger charge is -2.35. The minimum Gasteiger partial charge on any atom is -0.346 e. The SMILES string of the molecule is Cl.Cl.NCC(=O)NCC(=O)N1CCN(Cc2ccc(F)cc2Cl)CC1. The van der Waals surface area contributed by atoms with Gasteiger partial charge in [0, 0.05) is 37.7 Å². The monoisotopic (exact) mass is 414 g/mol. The van der Waals surface area contributed by atoms with Crippen molar-refractivity contribution in [2.45, 2.75) is 6.54 Å². The van der Waals surface area contributed by atoms with Crippen molar-refractivity contribution in [1.82, 2.24) is 15.1 Å². The molecule has 0 radical (unpaired) electrons. The third kappa shape index (κ3) is 7.33. The van der Waals surface area contributed by atoms with E-state index in [1.165, 1.54) is 12.1 Å². The van der Waals surface area contributed by atoms with Crippen molar-refractivity contribution < 1.29 is 14.0 Å². The first kappa shape index (κ1) is 23.9. The maximum Gasteiger partial charge on any atom is 0.242 e. The normalized spacial score (nSPS) is 14.3. The average Bonchev–Trinajstić information content (AvgIpc) is 2.55. The van der Waals surface area contributed by atoms with Crippen LogP contribution in [0.4, 0.5) is 4.39 Å². The fourth-order valence-corrected chi connectivity index (χ4v) is 2.63. The van der Waals surface area contributed by atoms with Crippen molar-refractivity contribution in [3.8, 4) is 0 Å². The van der Waals surface area contributed by atoms with Crippen molar-refractivity contribution in [3.05, 3.63) is 34.6 Å². The Morgan fingerprint density at radius 1 is 1.20 bits per heavy atom. The summed E-state index contributed by atoms with van der Waals surface area (Å²) in [4.78, 5) is 26.9. The van der Waals surface area contributed by atoms with Gasteiger partial charge in [0.15, 0.2) is 0 Å². The number of carbonyl (C=O) groups excluding carboxylic acids is 2. The second-order valence-corrected chi connectivity index (χ2v) is 5.78. The lowest BCUT2D eigenvalue weighted by atomic mass is 10.2. The van der Waals surface area contributed by atoms with E-state index in [4.69, 9.17) is 17.3 Å². The zero-order valence-corrected chi connectivity index (χ0v) is 15.9. The van der Waals surface area contributed by atoms with Crippen LogP contribution in [-0.2, 0) is 16.1 Å². The zero-order valence-electron chi connectivity index (χ0n) is 13.5. The van der Waals surface area contributed by atoms with Crippen LogP contribution in [0.25, 0.3) is 0 Å². The summed E-state index contributed by atoms with van der Waals surface area (Å²) in [7, 11) is 0. The quantitative estimate of drug-likeness (QED) is 0.753. The van der Waals surface area contributed by atoms with Gasteiger partial charge in [-0.1, -0.05) is 17.7 Å². The van der Waals surface area contributed by atoms with Gasteiger partial charge in [-0.25, -0.2) is 4.39 Å². The number of benzene rings is 1. The van der Waals surface area contributed by atoms with Crippen molar-refractivity contribution >= 4 is 48.2 Å². The predicted octanol–water partition coefficient (Wildman–Crippen LogP) is 1.04. The van der Waals surface area contributed by atoms with Crippen LogP contribution in [0.5, 0.6) is 0 Å². The number of hydrogen-bond acceptors (Lipinski definition) is 4. The maximum atomic E-state index is 13.0. The summed E-state index contributed by atoms with van der Waals surface area (Å²) in [6, 6.07) is 4.37. The molecular weight excluding hydrogens is 394 g/mol. The molecule has 0 atom stereocenters. The molecule has 0 spiro atoms. The molecule has 1 heterocycles. The summed E-state index contributed by atoms with van der Waals surface area (Å²) in [6.07, 6.45) is 0. The topological polar surface area (TPSA) is 78.7 Å². The summed E-state index contributed by atoms with van der Waals surface area (Å²) in [6.45, 7) is 3.02. The van der Waals surface area contributed by atoms with E-state index in [1.807, 2.05) is 0 Å². The Labute approximate surface area is 163 Å². The van der Waals surface area contributed by atoms with E-state index in [0.717, 1.165) is 5.56 Å². The summed E-state index contributed by atoms with van der Waals surface area (Å²) in [5.74, 6) is -0.817. The van der Waals surface area contributed by atoms with E-state index in [1.54, 1.807) is 11.0 Å². The molecule has 1 aliphatic heterocycles. The third-order valence-electron chi connectivity index (χ3n) is 3.76. The number of rotatable bonds is 5. The minimum atomic E-state index is -0.353. The number of halogens is 4. The molecule has 0 unspecified atom stereocenters. The first-order valence-electron chi connectivity index (χ1n) is 7.40. The highest BCUT2D eigenvalue weighted by Crippen LogP contribution is 2.19. The highest BCUT2D eigenvalue weighted by Gasteiger charge is 2.21. The van der Waals surface area contributed by atoms with Gasteiger partial charge in [0.25, 0.3) is 0 Å². The van der Waals surface area contributed by atoms with Gasteiger partial charge in [-0.15, -0.1) is 24.8 Å². The molecule has 1 aliphatic rings. The van der Waals surface area contributed by atoms with Crippen molar-refractivity contribution in [3.63, 3.8) is 0 Å². The van der Waals surface area contributed by atoms with E-state index >= 15 is 0 Å². The summed E-state index contributed by atoms with van der Waals surface area (Å²) >= 11 is 6.03. The van der Waals surface area contributed by atoms with Crippen LogP contribution in [0.3, 0.4) is 0 Å². The Hall–Kier alpha value is -1.12. The van der Waals surface area contributed by atoms with Crippen LogP contribution >= 0.6 is 36.4 Å². The van der Waals surface area contributed by atoms with Crippen LogP contribution in [0.1, 0.15) is 5.56 Å². The smallest absolute Gasteiger partial charge is 0.242 e. The van der Waals surface area contributed by atoms with E-state index in [9.17, 15) is 14.0 Å². The average molecular weight is 416 g/mol. The van der Waals surface area contributed by atoms with E-state index in [-0.39, 0.29) is 55.5 Å². The molecule has 1 aromatic rings. The molecule has 3 N–H and O–H groups in total. The standard InChI is InChI=1S/C15H20ClFN4O2.2ClH/c16-13-7-12(17)2-1-11(13)10-20-3-5-21(6-4-20)15(23)9-19-14(22)8-18;;/h1-2,7H,3-6,8-10,18H2,(H,19,22);2*1H. The number of piperazine rings is 1. The Bertz CT molecular complexity index is 584. The van der Waals surface area contributed by atoms with Gasteiger partial charge in [0.05, 0.1) is 13.1 Å². The van der Waals surface area contributed by atoms with E-state index in [0.29, 0.717) is 37.7 Å². The van der Waals surface area contributed by atoms with Gasteiger partial charge in [0.1, 0.15) is 5.82 Å². The molecule has 1 aromatic carbocycles. The largest absolute Gasteiger partial charge is 0.346 e. The summed E-state index contributed by atoms with van der Waals surface area (Å²) in [5.41, 5.74) is 6.04. The molecule has 0 bridgehead atoms. The lowest BCUT2D eigenvalue weighted by Crippen LogP contribution is -2.51. The number of amides is 2. The summed E-state index contributed by atoms with van der Waals surface area (Å²) in [5, 5.41) is 2.88. The lowest BCUT2D eigenvalue weighted by molar-refractivity contribution is -0.134. The van der Waals surface area contributed by atoms with Gasteiger partial charge in [-0.3, -0.25) is 14.5 Å². The Morgan fingerprint density at radius 3 is 2.40 bits per heavy atom.